The van der Waals surface area contributed by atoms with Crippen LogP contribution in [0.5, 0.6) is 5.75 Å². The Bertz CT molecular complexity index is 294. The van der Waals surface area contributed by atoms with Crippen molar-refractivity contribution in [2.75, 3.05) is 13.7 Å². The fraction of sp³-hybridized carbons (Fsp3) is 0.538. The molecule has 0 bridgehead atoms. The molecule has 5 heteroatoms. The Kier molecular flexibility index (Phi) is 13.3. The van der Waals surface area contributed by atoms with E-state index in [1.54, 1.807) is 0 Å². The summed E-state index contributed by atoms with van der Waals surface area (Å²) in [5.74, 6) is 1.02. The van der Waals surface area contributed by atoms with Crippen LogP contribution in [0.2, 0.25) is 0 Å². The average molecular weight is 254 g/mol. The lowest BCUT2D eigenvalue weighted by atomic mass is 9.95. The van der Waals surface area contributed by atoms with Crippen LogP contribution >= 0.6 is 0 Å². The van der Waals surface area contributed by atoms with Gasteiger partial charge in [0, 0.05) is 18.6 Å². The first-order valence-electron chi connectivity index (χ1n) is 5.89. The Hall–Kier alpha value is -1.04. The molecule has 0 aromatic heterocycles. The third-order valence-corrected chi connectivity index (χ3v) is 2.28. The van der Waals surface area contributed by atoms with Gasteiger partial charge in [0.1, 0.15) is 5.75 Å². The molecule has 2 radical (unpaired) electrons. The van der Waals surface area contributed by atoms with Gasteiger partial charge in [-0.2, -0.15) is 0 Å². The molecule has 1 aromatic rings. The van der Waals surface area contributed by atoms with Gasteiger partial charge in [0.2, 0.25) is 0 Å². The zero-order chi connectivity index (χ0) is 14.6. The standard InChI is InChI=1S/C10H12O2.C2H6.CH4O.BHO/c1-7-6-12-9-5-3-2-4-8(9)10(7)11;3*1-2/h2-5,7,10-11H,6H2,1H3;1-2H3;2H,1H3;2H/t7-,10+;;;/m0.../s1. The number of ether oxygens (including phenoxy) is 1. The van der Waals surface area contributed by atoms with E-state index in [1.807, 2.05) is 45.0 Å². The minimum Gasteiger partial charge on any atom is -0.493 e. The lowest BCUT2D eigenvalue weighted by Gasteiger charge is -2.27. The van der Waals surface area contributed by atoms with Crippen molar-refractivity contribution in [2.45, 2.75) is 26.9 Å². The van der Waals surface area contributed by atoms with Crippen LogP contribution in [-0.2, 0) is 0 Å². The molecule has 2 atom stereocenters. The first-order valence-corrected chi connectivity index (χ1v) is 5.89. The highest BCUT2D eigenvalue weighted by Crippen LogP contribution is 2.34. The van der Waals surface area contributed by atoms with Crippen LogP contribution in [0, 0.1) is 5.92 Å². The molecule has 0 fully saturated rings. The number of hydrogen-bond donors (Lipinski definition) is 3. The second-order valence-corrected chi connectivity index (χ2v) is 3.27. The highest BCUT2D eigenvalue weighted by Gasteiger charge is 2.24. The summed E-state index contributed by atoms with van der Waals surface area (Å²) in [6.45, 7) is 6.60. The molecule has 4 nitrogen and oxygen atoms in total. The fourth-order valence-electron chi connectivity index (χ4n) is 1.48. The SMILES string of the molecule is CC.CO.C[C@H]1COc2ccccc2[C@@H]1O.[B]O. The van der Waals surface area contributed by atoms with Crippen molar-refractivity contribution in [3.63, 3.8) is 0 Å². The molecule has 0 saturated carbocycles. The minimum absolute atomic E-state index is 0.194. The molecule has 1 heterocycles. The summed E-state index contributed by atoms with van der Waals surface area (Å²) < 4.78 is 5.45. The number of rotatable bonds is 0. The van der Waals surface area contributed by atoms with E-state index in [2.05, 4.69) is 8.05 Å². The molecule has 1 aliphatic rings. The maximum atomic E-state index is 9.75. The first-order chi connectivity index (χ1) is 8.79. The molecule has 2 rings (SSSR count). The summed E-state index contributed by atoms with van der Waals surface area (Å²) >= 11 is 0. The molecule has 0 unspecified atom stereocenters. The van der Waals surface area contributed by atoms with Crippen LogP contribution in [0.4, 0.5) is 0 Å². The van der Waals surface area contributed by atoms with Gasteiger partial charge in [-0.1, -0.05) is 39.0 Å². The zero-order valence-electron chi connectivity index (χ0n) is 11.5. The molecule has 0 aliphatic carbocycles. The molecule has 0 saturated heterocycles. The normalized spacial score (nSPS) is 19.3. The Labute approximate surface area is 111 Å². The van der Waals surface area contributed by atoms with Crippen molar-refractivity contribution in [1.82, 2.24) is 0 Å². The van der Waals surface area contributed by atoms with Crippen LogP contribution in [0.25, 0.3) is 0 Å². The van der Waals surface area contributed by atoms with Gasteiger partial charge in [0.15, 0.2) is 0 Å². The first kappa shape index (κ1) is 19.3. The second kappa shape index (κ2) is 12.4. The van der Waals surface area contributed by atoms with Crippen LogP contribution in [0.15, 0.2) is 24.3 Å². The van der Waals surface area contributed by atoms with Gasteiger partial charge in [0.25, 0.3) is 8.05 Å². The van der Waals surface area contributed by atoms with Gasteiger partial charge in [0.05, 0.1) is 12.7 Å². The van der Waals surface area contributed by atoms with Gasteiger partial charge in [-0.05, 0) is 6.07 Å². The lowest BCUT2D eigenvalue weighted by molar-refractivity contribution is 0.0604. The zero-order valence-corrected chi connectivity index (χ0v) is 11.5. The molecular weight excluding hydrogens is 231 g/mol. The molecular formula is C13H23BO4. The van der Waals surface area contributed by atoms with E-state index in [4.69, 9.17) is 14.9 Å². The maximum absolute atomic E-state index is 9.75. The van der Waals surface area contributed by atoms with Crippen LogP contribution in [-0.4, -0.2) is 37.0 Å². The molecule has 0 amide bonds. The quantitative estimate of drug-likeness (QED) is 0.613. The van der Waals surface area contributed by atoms with E-state index in [9.17, 15) is 5.11 Å². The van der Waals surface area contributed by atoms with E-state index in [1.165, 1.54) is 0 Å². The van der Waals surface area contributed by atoms with Gasteiger partial charge in [-0.25, -0.2) is 0 Å². The Balaban J connectivity index is 0. The van der Waals surface area contributed by atoms with Gasteiger partial charge in [-0.15, -0.1) is 0 Å². The van der Waals surface area contributed by atoms with E-state index in [0.29, 0.717) is 6.61 Å². The second-order valence-electron chi connectivity index (χ2n) is 3.27. The highest BCUT2D eigenvalue weighted by atomic mass is 16.5. The number of aliphatic hydroxyl groups excluding tert-OH is 2. The molecule has 1 aliphatic heterocycles. The van der Waals surface area contributed by atoms with Crippen molar-refractivity contribution in [2.24, 2.45) is 5.92 Å². The van der Waals surface area contributed by atoms with E-state index in [0.717, 1.165) is 18.4 Å². The topological polar surface area (TPSA) is 69.9 Å². The van der Waals surface area contributed by atoms with Gasteiger partial charge < -0.3 is 20.0 Å². The van der Waals surface area contributed by atoms with Crippen molar-refractivity contribution < 1.29 is 20.0 Å². The van der Waals surface area contributed by atoms with Crippen molar-refractivity contribution >= 4 is 8.05 Å². The predicted molar refractivity (Wildman–Crippen MR) is 73.5 cm³/mol. The van der Waals surface area contributed by atoms with Crippen LogP contribution in [0.3, 0.4) is 0 Å². The average Bonchev–Trinajstić information content (AvgIpc) is 2.49. The monoisotopic (exact) mass is 254 g/mol. The summed E-state index contributed by atoms with van der Waals surface area (Å²) in [4.78, 5) is 0. The number of hydrogen-bond acceptors (Lipinski definition) is 4. The van der Waals surface area contributed by atoms with Gasteiger partial charge in [-0.3, -0.25) is 0 Å². The van der Waals surface area contributed by atoms with Crippen molar-refractivity contribution in [3.8, 4) is 5.75 Å². The number of benzene rings is 1. The molecule has 18 heavy (non-hydrogen) atoms. The largest absolute Gasteiger partial charge is 0.493 e. The van der Waals surface area contributed by atoms with E-state index in [-0.39, 0.29) is 12.0 Å². The highest BCUT2D eigenvalue weighted by molar-refractivity contribution is 5.95. The summed E-state index contributed by atoms with van der Waals surface area (Å²) in [5, 5.41) is 23.2. The summed E-state index contributed by atoms with van der Waals surface area (Å²) in [6, 6.07) is 7.64. The minimum atomic E-state index is -0.366. The summed E-state index contributed by atoms with van der Waals surface area (Å²) in [5.41, 5.74) is 0.913. The summed E-state index contributed by atoms with van der Waals surface area (Å²) in [7, 11) is 4.50. The van der Waals surface area contributed by atoms with E-state index < -0.39 is 0 Å². The van der Waals surface area contributed by atoms with Gasteiger partial charge >= 0.3 is 0 Å². The molecule has 102 valence electrons. The number of para-hydroxylation sites is 1. The van der Waals surface area contributed by atoms with Crippen LogP contribution in [0.1, 0.15) is 32.4 Å². The maximum Gasteiger partial charge on any atom is 0.277 e. The van der Waals surface area contributed by atoms with Crippen molar-refractivity contribution in [1.29, 1.82) is 0 Å². The molecule has 0 spiro atoms. The molecule has 3 N–H and O–H groups in total. The van der Waals surface area contributed by atoms with Crippen molar-refractivity contribution in [3.05, 3.63) is 29.8 Å². The third kappa shape index (κ3) is 5.53. The lowest BCUT2D eigenvalue weighted by Crippen LogP contribution is -2.23. The van der Waals surface area contributed by atoms with Crippen LogP contribution < -0.4 is 4.74 Å². The summed E-state index contributed by atoms with van der Waals surface area (Å²) in [6.07, 6.45) is -0.366. The Morgan fingerprint density at radius 2 is 1.67 bits per heavy atom. The number of fused-ring (bicyclic) bond motifs is 1. The molecule has 1 aromatic carbocycles. The fourth-order valence-corrected chi connectivity index (χ4v) is 1.48. The number of aliphatic hydroxyl groups is 2. The van der Waals surface area contributed by atoms with E-state index >= 15 is 0 Å². The Morgan fingerprint density at radius 3 is 2.22 bits per heavy atom. The third-order valence-electron chi connectivity index (χ3n) is 2.28. The predicted octanol–water partition coefficient (Wildman–Crippen LogP) is 1.45. The Morgan fingerprint density at radius 1 is 1.17 bits per heavy atom. The smallest absolute Gasteiger partial charge is 0.277 e.